The van der Waals surface area contributed by atoms with Gasteiger partial charge in [0.05, 0.1) is 27.7 Å². The Bertz CT molecular complexity index is 85.5. The van der Waals surface area contributed by atoms with E-state index in [1.165, 1.54) is 0 Å². The van der Waals surface area contributed by atoms with Gasteiger partial charge in [-0.2, -0.15) is 0 Å². The van der Waals surface area contributed by atoms with Crippen LogP contribution in [0.2, 0.25) is 0 Å². The van der Waals surface area contributed by atoms with E-state index >= 15 is 0 Å². The normalized spacial score (nSPS) is 25.0. The topological polar surface area (TPSA) is 12.5 Å². The highest BCUT2D eigenvalue weighted by molar-refractivity contribution is 4.66. The van der Waals surface area contributed by atoms with Crippen molar-refractivity contribution in [3.63, 3.8) is 0 Å². The summed E-state index contributed by atoms with van der Waals surface area (Å²) in [5.74, 6) is 0. The molecular weight excluding hydrogens is 182 g/mol. The number of rotatable bonds is 2. The van der Waals surface area contributed by atoms with Crippen LogP contribution in [0.3, 0.4) is 0 Å². The van der Waals surface area contributed by atoms with E-state index in [1.807, 2.05) is 0 Å². The van der Waals surface area contributed by atoms with Crippen LogP contribution in [0.25, 0.3) is 0 Å². The highest BCUT2D eigenvalue weighted by atomic mass is 79.9. The smallest absolute Gasteiger partial charge is 0.130 e. The molecule has 1 fully saturated rings. The lowest BCUT2D eigenvalue weighted by Gasteiger charge is -2.22. The first kappa shape index (κ1) is 9.40. The number of ether oxygens (including phenoxy) is 1. The van der Waals surface area contributed by atoms with Crippen molar-refractivity contribution in [2.45, 2.75) is 6.10 Å². The molecule has 1 rings (SSSR count). The second-order valence-electron chi connectivity index (χ2n) is 3.43. The van der Waals surface area contributed by atoms with Gasteiger partial charge in [-0.3, -0.25) is 0 Å². The minimum Gasteiger partial charge on any atom is -1.00 e. The SMILES string of the molecule is C[N+](C)(C)CC1CO1.[Br-]. The van der Waals surface area contributed by atoms with Crippen molar-refractivity contribution in [2.24, 2.45) is 0 Å². The molecule has 1 unspecified atom stereocenters. The summed E-state index contributed by atoms with van der Waals surface area (Å²) in [7, 11) is 6.55. The summed E-state index contributed by atoms with van der Waals surface area (Å²) >= 11 is 0. The molecule has 0 radical (unpaired) electrons. The van der Waals surface area contributed by atoms with Crippen molar-refractivity contribution in [3.8, 4) is 0 Å². The Morgan fingerprint density at radius 2 is 1.89 bits per heavy atom. The van der Waals surface area contributed by atoms with Crippen molar-refractivity contribution in [3.05, 3.63) is 0 Å². The molecule has 0 aromatic rings. The number of quaternary nitrogens is 1. The summed E-state index contributed by atoms with van der Waals surface area (Å²) in [4.78, 5) is 0. The average Bonchev–Trinajstić information content (AvgIpc) is 2.12. The Kier molecular flexibility index (Phi) is 3.12. The maximum atomic E-state index is 5.07. The van der Waals surface area contributed by atoms with Crippen LogP contribution in [0.15, 0.2) is 0 Å². The zero-order valence-electron chi connectivity index (χ0n) is 6.22. The molecule has 0 spiro atoms. The Labute approximate surface area is 67.2 Å². The number of likely N-dealkylation sites (N-methyl/N-ethyl adjacent to an activating group) is 1. The molecule has 9 heavy (non-hydrogen) atoms. The Morgan fingerprint density at radius 3 is 2.00 bits per heavy atom. The molecule has 0 aromatic carbocycles. The zero-order valence-corrected chi connectivity index (χ0v) is 7.81. The van der Waals surface area contributed by atoms with Gasteiger partial charge in [0.25, 0.3) is 0 Å². The summed E-state index contributed by atoms with van der Waals surface area (Å²) < 4.78 is 6.09. The van der Waals surface area contributed by atoms with Crippen molar-refractivity contribution >= 4 is 0 Å². The molecular formula is C6H14BrNO. The minimum atomic E-state index is 0. The molecule has 0 bridgehead atoms. The van der Waals surface area contributed by atoms with Crippen LogP contribution in [-0.2, 0) is 4.74 Å². The van der Waals surface area contributed by atoms with Gasteiger partial charge >= 0.3 is 0 Å². The van der Waals surface area contributed by atoms with Crippen LogP contribution in [0, 0.1) is 0 Å². The molecule has 1 atom stereocenters. The lowest BCUT2D eigenvalue weighted by molar-refractivity contribution is -0.870. The van der Waals surface area contributed by atoms with E-state index in [-0.39, 0.29) is 17.0 Å². The van der Waals surface area contributed by atoms with Gasteiger partial charge in [0.2, 0.25) is 0 Å². The van der Waals surface area contributed by atoms with E-state index in [2.05, 4.69) is 21.1 Å². The molecule has 0 amide bonds. The maximum absolute atomic E-state index is 5.07. The number of hydrogen-bond acceptors (Lipinski definition) is 1. The number of halogens is 1. The Morgan fingerprint density at radius 1 is 1.44 bits per heavy atom. The molecule has 0 N–H and O–H groups in total. The quantitative estimate of drug-likeness (QED) is 0.341. The van der Waals surface area contributed by atoms with E-state index in [4.69, 9.17) is 4.74 Å². The van der Waals surface area contributed by atoms with Crippen LogP contribution >= 0.6 is 0 Å². The van der Waals surface area contributed by atoms with Gasteiger partial charge < -0.3 is 26.2 Å². The van der Waals surface area contributed by atoms with Crippen LogP contribution in [0.4, 0.5) is 0 Å². The van der Waals surface area contributed by atoms with E-state index in [0.717, 1.165) is 17.6 Å². The van der Waals surface area contributed by atoms with Gasteiger partial charge in [0.1, 0.15) is 12.6 Å². The second-order valence-corrected chi connectivity index (χ2v) is 3.43. The molecule has 2 nitrogen and oxygen atoms in total. The van der Waals surface area contributed by atoms with Crippen molar-refractivity contribution < 1.29 is 26.2 Å². The summed E-state index contributed by atoms with van der Waals surface area (Å²) in [6.07, 6.45) is 0.565. The van der Waals surface area contributed by atoms with Crippen LogP contribution in [-0.4, -0.2) is 44.9 Å². The molecule has 1 saturated heterocycles. The minimum absolute atomic E-state index is 0. The standard InChI is InChI=1S/C6H14NO.BrH/c1-7(2,3)4-6-5-8-6;/h6H,4-5H2,1-3H3;1H/q+1;/p-1. The molecule has 0 saturated carbocycles. The van der Waals surface area contributed by atoms with Crippen molar-refractivity contribution in [1.82, 2.24) is 0 Å². The van der Waals surface area contributed by atoms with Gasteiger partial charge in [-0.05, 0) is 0 Å². The van der Waals surface area contributed by atoms with Crippen LogP contribution < -0.4 is 17.0 Å². The monoisotopic (exact) mass is 195 g/mol. The molecule has 56 valence electrons. The maximum Gasteiger partial charge on any atom is 0.130 e. The number of nitrogens with zero attached hydrogens (tertiary/aromatic N) is 1. The summed E-state index contributed by atoms with van der Waals surface area (Å²) in [5.41, 5.74) is 0. The predicted octanol–water partition coefficient (Wildman–Crippen LogP) is -2.90. The molecule has 0 aliphatic carbocycles. The lowest BCUT2D eigenvalue weighted by atomic mass is 10.4. The average molecular weight is 196 g/mol. The highest BCUT2D eigenvalue weighted by Gasteiger charge is 2.28. The van der Waals surface area contributed by atoms with Gasteiger partial charge in [0.15, 0.2) is 0 Å². The highest BCUT2D eigenvalue weighted by Crippen LogP contribution is 2.11. The molecule has 0 aromatic heterocycles. The fourth-order valence-electron chi connectivity index (χ4n) is 0.784. The second kappa shape index (κ2) is 2.99. The molecule has 1 aliphatic rings. The lowest BCUT2D eigenvalue weighted by Crippen LogP contribution is -3.00. The van der Waals surface area contributed by atoms with E-state index < -0.39 is 0 Å². The fourth-order valence-corrected chi connectivity index (χ4v) is 0.784. The third-order valence-electron chi connectivity index (χ3n) is 1.15. The van der Waals surface area contributed by atoms with Gasteiger partial charge in [-0.25, -0.2) is 0 Å². The molecule has 1 aliphatic heterocycles. The largest absolute Gasteiger partial charge is 1.00 e. The first-order chi connectivity index (χ1) is 3.58. The van der Waals surface area contributed by atoms with Crippen molar-refractivity contribution in [2.75, 3.05) is 34.3 Å². The van der Waals surface area contributed by atoms with E-state index in [9.17, 15) is 0 Å². The third kappa shape index (κ3) is 4.88. The van der Waals surface area contributed by atoms with Crippen LogP contribution in [0.1, 0.15) is 0 Å². The molecule has 3 heteroatoms. The first-order valence-electron chi connectivity index (χ1n) is 3.00. The van der Waals surface area contributed by atoms with E-state index in [0.29, 0.717) is 6.10 Å². The zero-order chi connectivity index (χ0) is 6.20. The van der Waals surface area contributed by atoms with Gasteiger partial charge in [0, 0.05) is 0 Å². The Balaban J connectivity index is 0.000000640. The van der Waals surface area contributed by atoms with Crippen molar-refractivity contribution in [1.29, 1.82) is 0 Å². The fraction of sp³-hybridized carbons (Fsp3) is 1.00. The number of epoxide rings is 1. The van der Waals surface area contributed by atoms with Crippen LogP contribution in [0.5, 0.6) is 0 Å². The number of hydrogen-bond donors (Lipinski definition) is 0. The van der Waals surface area contributed by atoms with Gasteiger partial charge in [-0.1, -0.05) is 0 Å². The summed E-state index contributed by atoms with van der Waals surface area (Å²) in [5, 5.41) is 0. The summed E-state index contributed by atoms with van der Waals surface area (Å²) in [6, 6.07) is 0. The third-order valence-corrected chi connectivity index (χ3v) is 1.15. The predicted molar refractivity (Wildman–Crippen MR) is 32.6 cm³/mol. The van der Waals surface area contributed by atoms with E-state index in [1.54, 1.807) is 0 Å². The summed E-state index contributed by atoms with van der Waals surface area (Å²) in [6.45, 7) is 2.13. The Hall–Kier alpha value is 0.400. The first-order valence-corrected chi connectivity index (χ1v) is 3.00. The molecule has 1 heterocycles. The van der Waals surface area contributed by atoms with Gasteiger partial charge in [-0.15, -0.1) is 0 Å².